The van der Waals surface area contributed by atoms with Gasteiger partial charge < -0.3 is 15.0 Å². The number of anilines is 1. The molecule has 168 valence electrons. The third-order valence-corrected chi connectivity index (χ3v) is 6.31. The summed E-state index contributed by atoms with van der Waals surface area (Å²) in [5, 5.41) is 7.64. The Hall–Kier alpha value is -2.64. The van der Waals surface area contributed by atoms with E-state index >= 15 is 0 Å². The molecule has 1 saturated heterocycles. The molecule has 0 bridgehead atoms. The molecule has 2 aliphatic rings. The van der Waals surface area contributed by atoms with E-state index in [1.807, 2.05) is 42.2 Å². The van der Waals surface area contributed by atoms with Crippen molar-refractivity contribution in [3.8, 4) is 5.75 Å². The number of aryl methyl sites for hydroxylation is 2. The van der Waals surface area contributed by atoms with Crippen LogP contribution in [0, 0.1) is 19.8 Å². The Morgan fingerprint density at radius 3 is 2.71 bits per heavy atom. The summed E-state index contributed by atoms with van der Waals surface area (Å²) in [6.07, 6.45) is -1.03. The van der Waals surface area contributed by atoms with Crippen LogP contribution >= 0.6 is 0 Å². The van der Waals surface area contributed by atoms with Crippen LogP contribution in [0.25, 0.3) is 0 Å². The predicted octanol–water partition coefficient (Wildman–Crippen LogP) is 4.20. The summed E-state index contributed by atoms with van der Waals surface area (Å²) >= 11 is 0. The smallest absolute Gasteiger partial charge is 0.263 e. The molecule has 0 radical (unpaired) electrons. The highest BCUT2D eigenvalue weighted by molar-refractivity contribution is 5.81. The number of ether oxygens (including phenoxy) is 1. The van der Waals surface area contributed by atoms with Crippen molar-refractivity contribution in [1.29, 1.82) is 0 Å². The number of aromatic nitrogens is 2. The van der Waals surface area contributed by atoms with Gasteiger partial charge in [0.25, 0.3) is 12.3 Å². The molecule has 1 N–H and O–H groups in total. The van der Waals surface area contributed by atoms with Crippen LogP contribution in [0.1, 0.15) is 43.5 Å². The van der Waals surface area contributed by atoms with Crippen molar-refractivity contribution in [3.05, 3.63) is 41.6 Å². The molecule has 2 aromatic rings. The van der Waals surface area contributed by atoms with Gasteiger partial charge in [-0.05, 0) is 58.1 Å². The van der Waals surface area contributed by atoms with Gasteiger partial charge >= 0.3 is 0 Å². The maximum absolute atomic E-state index is 13.7. The van der Waals surface area contributed by atoms with Crippen molar-refractivity contribution in [1.82, 2.24) is 14.7 Å². The molecule has 4 atom stereocenters. The second-order valence-electron chi connectivity index (χ2n) is 8.76. The number of hydrogen-bond acceptors (Lipinski definition) is 4. The first-order valence-corrected chi connectivity index (χ1v) is 10.9. The lowest BCUT2D eigenvalue weighted by Crippen LogP contribution is -2.50. The zero-order chi connectivity index (χ0) is 22.1. The average molecular weight is 433 g/mol. The molecule has 1 amide bonds. The molecule has 31 heavy (non-hydrogen) atoms. The van der Waals surface area contributed by atoms with Crippen molar-refractivity contribution >= 4 is 11.7 Å². The molecule has 0 aliphatic carbocycles. The molecule has 0 saturated carbocycles. The van der Waals surface area contributed by atoms with E-state index < -0.39 is 18.6 Å². The van der Waals surface area contributed by atoms with Crippen molar-refractivity contribution in [2.75, 3.05) is 18.4 Å². The van der Waals surface area contributed by atoms with Crippen LogP contribution in [0.2, 0.25) is 0 Å². The summed E-state index contributed by atoms with van der Waals surface area (Å²) in [6, 6.07) is 8.37. The standard InChI is InChI=1S/C23H30F2N4O2/c1-14-6-8-18(9-7-14)31-16(3)23(30)28-10-4-5-17(13-28)19-12-20(22(24)25)29-21(26-19)11-15(2)27-29/h6-9,11,16-17,19-20,22,26H,4-5,10,12-13H2,1-3H3/t16?,17?,19-,20+/m0/s1. The van der Waals surface area contributed by atoms with Gasteiger partial charge in [0.2, 0.25) is 0 Å². The Morgan fingerprint density at radius 1 is 1.26 bits per heavy atom. The average Bonchev–Trinajstić information content (AvgIpc) is 3.14. The third-order valence-electron chi connectivity index (χ3n) is 6.31. The van der Waals surface area contributed by atoms with Gasteiger partial charge in [0.1, 0.15) is 17.6 Å². The number of piperidine rings is 1. The van der Waals surface area contributed by atoms with Crippen LogP contribution in [0.15, 0.2) is 30.3 Å². The van der Waals surface area contributed by atoms with E-state index in [0.717, 1.165) is 24.1 Å². The minimum absolute atomic E-state index is 0.0626. The lowest BCUT2D eigenvalue weighted by molar-refractivity contribution is -0.140. The summed E-state index contributed by atoms with van der Waals surface area (Å²) in [5.74, 6) is 1.35. The lowest BCUT2D eigenvalue weighted by Gasteiger charge is -2.41. The fraction of sp³-hybridized carbons (Fsp3) is 0.565. The summed E-state index contributed by atoms with van der Waals surface area (Å²) in [4.78, 5) is 14.8. The quantitative estimate of drug-likeness (QED) is 0.770. The molecule has 1 fully saturated rings. The van der Waals surface area contributed by atoms with E-state index in [4.69, 9.17) is 4.74 Å². The number of likely N-dealkylation sites (tertiary alicyclic amines) is 1. The predicted molar refractivity (Wildman–Crippen MR) is 115 cm³/mol. The minimum Gasteiger partial charge on any atom is -0.481 e. The zero-order valence-electron chi connectivity index (χ0n) is 18.2. The number of benzene rings is 1. The Morgan fingerprint density at radius 2 is 2.00 bits per heavy atom. The normalized spacial score (nSPS) is 24.5. The maximum atomic E-state index is 13.7. The van der Waals surface area contributed by atoms with Crippen molar-refractivity contribution < 1.29 is 18.3 Å². The summed E-state index contributed by atoms with van der Waals surface area (Å²) < 4.78 is 34.7. The number of carbonyl (C=O) groups excluding carboxylic acids is 1. The number of nitrogens with zero attached hydrogens (tertiary/aromatic N) is 3. The second kappa shape index (κ2) is 8.85. The van der Waals surface area contributed by atoms with Gasteiger partial charge in [-0.3, -0.25) is 4.79 Å². The topological polar surface area (TPSA) is 59.4 Å². The van der Waals surface area contributed by atoms with Crippen molar-refractivity contribution in [2.45, 2.75) is 64.6 Å². The molecule has 3 heterocycles. The van der Waals surface area contributed by atoms with Crippen LogP contribution in [-0.2, 0) is 4.79 Å². The second-order valence-corrected chi connectivity index (χ2v) is 8.76. The molecular weight excluding hydrogens is 402 g/mol. The first-order chi connectivity index (χ1) is 14.8. The highest BCUT2D eigenvalue weighted by atomic mass is 19.3. The largest absolute Gasteiger partial charge is 0.481 e. The van der Waals surface area contributed by atoms with E-state index in [9.17, 15) is 13.6 Å². The Balaban J connectivity index is 1.42. The molecule has 6 nitrogen and oxygen atoms in total. The number of amides is 1. The summed E-state index contributed by atoms with van der Waals surface area (Å²) in [7, 11) is 0. The Bertz CT molecular complexity index is 915. The summed E-state index contributed by atoms with van der Waals surface area (Å²) in [5.41, 5.74) is 1.85. The molecular formula is C23H30F2N4O2. The van der Waals surface area contributed by atoms with Crippen molar-refractivity contribution in [3.63, 3.8) is 0 Å². The van der Waals surface area contributed by atoms with Gasteiger partial charge in [-0.1, -0.05) is 17.7 Å². The Labute approximate surface area is 181 Å². The molecule has 1 aromatic carbocycles. The molecule has 2 unspecified atom stereocenters. The number of hydrogen-bond donors (Lipinski definition) is 1. The molecule has 0 spiro atoms. The van der Waals surface area contributed by atoms with Crippen LogP contribution in [0.4, 0.5) is 14.6 Å². The fourth-order valence-electron chi connectivity index (χ4n) is 4.67. The van der Waals surface area contributed by atoms with E-state index in [-0.39, 0.29) is 17.9 Å². The number of rotatable bonds is 5. The van der Waals surface area contributed by atoms with E-state index in [1.54, 1.807) is 13.8 Å². The number of alkyl halides is 2. The van der Waals surface area contributed by atoms with Gasteiger partial charge in [-0.25, -0.2) is 13.5 Å². The van der Waals surface area contributed by atoms with Crippen LogP contribution in [-0.4, -0.2) is 52.2 Å². The van der Waals surface area contributed by atoms with Gasteiger partial charge in [-0.15, -0.1) is 0 Å². The van der Waals surface area contributed by atoms with Gasteiger partial charge in [0.05, 0.1) is 5.69 Å². The summed E-state index contributed by atoms with van der Waals surface area (Å²) in [6.45, 7) is 6.78. The number of halogens is 2. The Kier molecular flexibility index (Phi) is 6.16. The zero-order valence-corrected chi connectivity index (χ0v) is 18.2. The number of nitrogens with one attached hydrogen (secondary N) is 1. The third kappa shape index (κ3) is 4.67. The van der Waals surface area contributed by atoms with E-state index in [2.05, 4.69) is 10.4 Å². The lowest BCUT2D eigenvalue weighted by atomic mass is 9.86. The maximum Gasteiger partial charge on any atom is 0.263 e. The molecule has 1 aromatic heterocycles. The SMILES string of the molecule is Cc1ccc(OC(C)C(=O)N2CCCC([C@@H]3C[C@H](C(F)F)n4nc(C)cc4N3)C2)cc1. The highest BCUT2D eigenvalue weighted by Crippen LogP contribution is 2.36. The molecule has 2 aliphatic heterocycles. The molecule has 8 heteroatoms. The van der Waals surface area contributed by atoms with E-state index in [0.29, 0.717) is 31.1 Å². The number of carbonyl (C=O) groups is 1. The van der Waals surface area contributed by atoms with Crippen LogP contribution in [0.3, 0.4) is 0 Å². The van der Waals surface area contributed by atoms with Gasteiger partial charge in [0.15, 0.2) is 6.10 Å². The monoisotopic (exact) mass is 432 g/mol. The first-order valence-electron chi connectivity index (χ1n) is 10.9. The minimum atomic E-state index is -2.48. The van der Waals surface area contributed by atoms with E-state index in [1.165, 1.54) is 4.68 Å². The number of fused-ring (bicyclic) bond motifs is 1. The first kappa shape index (κ1) is 21.6. The fourth-order valence-corrected chi connectivity index (χ4v) is 4.67. The van der Waals surface area contributed by atoms with Gasteiger partial charge in [-0.2, -0.15) is 5.10 Å². The van der Waals surface area contributed by atoms with Crippen LogP contribution < -0.4 is 10.1 Å². The molecule has 4 rings (SSSR count). The van der Waals surface area contributed by atoms with Crippen LogP contribution in [0.5, 0.6) is 5.75 Å². The highest BCUT2D eigenvalue weighted by Gasteiger charge is 2.39. The van der Waals surface area contributed by atoms with Crippen molar-refractivity contribution in [2.24, 2.45) is 5.92 Å². The van der Waals surface area contributed by atoms with Gasteiger partial charge in [0, 0.05) is 25.2 Å².